The van der Waals surface area contributed by atoms with Gasteiger partial charge >= 0.3 is 17.1 Å². The van der Waals surface area contributed by atoms with Crippen LogP contribution in [0.1, 0.15) is 20.8 Å². The van der Waals surface area contributed by atoms with Gasteiger partial charge in [0.2, 0.25) is 0 Å². The van der Waals surface area contributed by atoms with E-state index in [0.29, 0.717) is 25.2 Å². The molecule has 88 valence electrons. The zero-order valence-electron chi connectivity index (χ0n) is 8.56. The molecular weight excluding hydrogens is 246 g/mol. The van der Waals surface area contributed by atoms with E-state index in [1.807, 2.05) is 0 Å². The lowest BCUT2D eigenvalue weighted by atomic mass is 10.1. The molecule has 2 aromatic heterocycles. The van der Waals surface area contributed by atoms with E-state index in [2.05, 4.69) is 0 Å². The van der Waals surface area contributed by atoms with Crippen molar-refractivity contribution in [2.45, 2.75) is 13.0 Å². The summed E-state index contributed by atoms with van der Waals surface area (Å²) in [4.78, 5) is 34.1. The lowest BCUT2D eigenvalue weighted by molar-refractivity contribution is 0.0692. The first-order chi connectivity index (χ1) is 8.11. The minimum atomic E-state index is -1.10. The smallest absolute Gasteiger partial charge is 0.339 e. The SMILES string of the molecule is O=C(O)c1c(-n2c(=O)c2=O)sc2c1CCOC2. The molecule has 6 nitrogen and oxygen atoms in total. The van der Waals surface area contributed by atoms with E-state index in [0.717, 1.165) is 20.8 Å². The first-order valence-corrected chi connectivity index (χ1v) is 5.77. The molecule has 0 saturated heterocycles. The number of hydrogen-bond donors (Lipinski definition) is 1. The predicted molar refractivity (Wildman–Crippen MR) is 58.9 cm³/mol. The summed E-state index contributed by atoms with van der Waals surface area (Å²) in [5.74, 6) is -1.10. The maximum Gasteiger partial charge on any atom is 0.339 e. The fourth-order valence-corrected chi connectivity index (χ4v) is 3.19. The number of nitrogens with zero attached hydrogens (tertiary/aromatic N) is 1. The molecule has 0 aromatic carbocycles. The Bertz CT molecular complexity index is 663. The fraction of sp³-hybridized carbons (Fsp3) is 0.300. The number of hydrogen-bond acceptors (Lipinski definition) is 5. The monoisotopic (exact) mass is 253 g/mol. The van der Waals surface area contributed by atoms with Gasteiger partial charge in [-0.05, 0) is 12.0 Å². The van der Waals surface area contributed by atoms with Crippen molar-refractivity contribution >= 4 is 17.3 Å². The van der Waals surface area contributed by atoms with Crippen molar-refractivity contribution < 1.29 is 14.6 Å². The molecule has 3 heterocycles. The number of ether oxygens (including phenoxy) is 1. The van der Waals surface area contributed by atoms with E-state index in [1.54, 1.807) is 0 Å². The first-order valence-electron chi connectivity index (χ1n) is 4.95. The van der Waals surface area contributed by atoms with Crippen LogP contribution in [0.15, 0.2) is 9.59 Å². The molecule has 0 aliphatic carbocycles. The van der Waals surface area contributed by atoms with Crippen LogP contribution in [0.25, 0.3) is 5.00 Å². The second-order valence-corrected chi connectivity index (χ2v) is 4.82. The standard InChI is InChI=1S/C10H7NO5S/c12-7-8(13)11(7)9-6(10(14)15)4-1-2-16-3-5(4)17-9/h1-3H2,(H,14,15). The summed E-state index contributed by atoms with van der Waals surface area (Å²) in [7, 11) is 0. The van der Waals surface area contributed by atoms with Gasteiger partial charge in [0.1, 0.15) is 5.00 Å². The van der Waals surface area contributed by atoms with Gasteiger partial charge in [-0.15, -0.1) is 11.3 Å². The molecule has 0 spiro atoms. The average molecular weight is 253 g/mol. The molecule has 1 aliphatic heterocycles. The van der Waals surface area contributed by atoms with Gasteiger partial charge in [-0.25, -0.2) is 9.36 Å². The highest BCUT2D eigenvalue weighted by Gasteiger charge is 2.31. The highest BCUT2D eigenvalue weighted by Crippen LogP contribution is 2.34. The van der Waals surface area contributed by atoms with Crippen molar-refractivity contribution in [3.8, 4) is 5.00 Å². The normalized spacial score (nSPS) is 15.1. The van der Waals surface area contributed by atoms with Crippen LogP contribution in [-0.4, -0.2) is 22.2 Å². The summed E-state index contributed by atoms with van der Waals surface area (Å²) in [6.07, 6.45) is 0.504. The summed E-state index contributed by atoms with van der Waals surface area (Å²) >= 11 is 1.15. The Morgan fingerprint density at radius 2 is 2.06 bits per heavy atom. The third-order valence-electron chi connectivity index (χ3n) is 2.76. The van der Waals surface area contributed by atoms with Gasteiger partial charge in [-0.2, -0.15) is 0 Å². The quantitative estimate of drug-likeness (QED) is 0.756. The zero-order chi connectivity index (χ0) is 12.2. The van der Waals surface area contributed by atoms with Crippen LogP contribution < -0.4 is 11.1 Å². The van der Waals surface area contributed by atoms with Crippen LogP contribution >= 0.6 is 11.3 Å². The number of aromatic carboxylic acids is 1. The van der Waals surface area contributed by atoms with E-state index in [1.165, 1.54) is 0 Å². The Morgan fingerprint density at radius 1 is 1.35 bits per heavy atom. The molecule has 3 rings (SSSR count). The number of thiophene rings is 1. The van der Waals surface area contributed by atoms with E-state index in [4.69, 9.17) is 4.74 Å². The van der Waals surface area contributed by atoms with Crippen molar-refractivity contribution in [3.05, 3.63) is 36.7 Å². The average Bonchev–Trinajstić information content (AvgIpc) is 2.76. The van der Waals surface area contributed by atoms with Gasteiger partial charge in [0.15, 0.2) is 0 Å². The molecule has 0 atom stereocenters. The second-order valence-electron chi connectivity index (χ2n) is 3.74. The Balaban J connectivity index is 2.25. The van der Waals surface area contributed by atoms with Gasteiger partial charge in [-0.1, -0.05) is 0 Å². The van der Waals surface area contributed by atoms with Crippen LogP contribution in [-0.2, 0) is 17.8 Å². The van der Waals surface area contributed by atoms with Crippen molar-refractivity contribution in [2.75, 3.05) is 6.61 Å². The molecule has 0 saturated carbocycles. The third-order valence-corrected chi connectivity index (χ3v) is 3.95. The highest BCUT2D eigenvalue weighted by molar-refractivity contribution is 7.15. The molecule has 0 bridgehead atoms. The molecule has 0 radical (unpaired) electrons. The van der Waals surface area contributed by atoms with Crippen LogP contribution in [0.4, 0.5) is 0 Å². The zero-order valence-corrected chi connectivity index (χ0v) is 9.37. The Morgan fingerprint density at radius 3 is 2.65 bits per heavy atom. The summed E-state index contributed by atoms with van der Waals surface area (Å²) in [6, 6.07) is 0. The predicted octanol–water partition coefficient (Wildman–Crippen LogP) is -0.0943. The molecular formula is C10H7NO5S. The molecule has 1 N–H and O–H groups in total. The fourth-order valence-electron chi connectivity index (χ4n) is 1.92. The van der Waals surface area contributed by atoms with Gasteiger partial charge in [-0.3, -0.25) is 9.59 Å². The minimum Gasteiger partial charge on any atom is -0.478 e. The third kappa shape index (κ3) is 1.39. The molecule has 2 aromatic rings. The Kier molecular flexibility index (Phi) is 2.07. The van der Waals surface area contributed by atoms with Gasteiger partial charge < -0.3 is 9.84 Å². The van der Waals surface area contributed by atoms with Crippen LogP contribution in [0.5, 0.6) is 0 Å². The number of carboxylic acids is 1. The Labute approximate surface area is 98.4 Å². The maximum atomic E-state index is 11.2. The summed E-state index contributed by atoms with van der Waals surface area (Å²) in [5, 5.41) is 9.40. The molecule has 7 heteroatoms. The summed E-state index contributed by atoms with van der Waals surface area (Å²) in [5.41, 5.74) is -0.525. The van der Waals surface area contributed by atoms with Gasteiger partial charge in [0, 0.05) is 4.88 Å². The van der Waals surface area contributed by atoms with E-state index >= 15 is 0 Å². The van der Waals surface area contributed by atoms with Gasteiger partial charge in [0.05, 0.1) is 18.8 Å². The highest BCUT2D eigenvalue weighted by atomic mass is 32.1. The molecule has 0 unspecified atom stereocenters. The van der Waals surface area contributed by atoms with Crippen molar-refractivity contribution in [3.63, 3.8) is 0 Å². The topological polar surface area (TPSA) is 85.6 Å². The van der Waals surface area contributed by atoms with Crippen molar-refractivity contribution in [1.82, 2.24) is 4.57 Å². The molecule has 17 heavy (non-hydrogen) atoms. The number of aromatic nitrogens is 1. The molecule has 1 aliphatic rings. The lowest BCUT2D eigenvalue weighted by Crippen LogP contribution is -2.11. The molecule has 0 amide bonds. The minimum absolute atomic E-state index is 0.0764. The summed E-state index contributed by atoms with van der Waals surface area (Å²) in [6.45, 7) is 0.807. The number of fused-ring (bicyclic) bond motifs is 1. The molecule has 0 fully saturated rings. The maximum absolute atomic E-state index is 11.2. The van der Waals surface area contributed by atoms with Gasteiger partial charge in [0.25, 0.3) is 0 Å². The largest absolute Gasteiger partial charge is 0.478 e. The second kappa shape index (κ2) is 3.38. The number of rotatable bonds is 2. The van der Waals surface area contributed by atoms with Crippen LogP contribution in [0.3, 0.4) is 0 Å². The van der Waals surface area contributed by atoms with Crippen LogP contribution in [0, 0.1) is 0 Å². The number of carboxylic acid groups (broad SMARTS) is 1. The van der Waals surface area contributed by atoms with E-state index in [9.17, 15) is 19.5 Å². The lowest BCUT2D eigenvalue weighted by Gasteiger charge is -2.11. The Hall–Kier alpha value is -1.73. The van der Waals surface area contributed by atoms with Crippen molar-refractivity contribution in [1.29, 1.82) is 0 Å². The van der Waals surface area contributed by atoms with E-state index < -0.39 is 17.1 Å². The van der Waals surface area contributed by atoms with Crippen molar-refractivity contribution in [2.24, 2.45) is 0 Å². The first kappa shape index (κ1) is 10.4. The summed E-state index contributed by atoms with van der Waals surface area (Å²) < 4.78 is 6.14. The van der Waals surface area contributed by atoms with E-state index in [-0.39, 0.29) is 10.6 Å². The van der Waals surface area contributed by atoms with Crippen LogP contribution in [0.2, 0.25) is 0 Å². The number of carbonyl (C=O) groups is 1.